The number of carbonyl (C=O) groups excluding carboxylic acids is 1. The molecule has 0 aliphatic carbocycles. The highest BCUT2D eigenvalue weighted by Gasteiger charge is 2.22. The fraction of sp³-hybridized carbons (Fsp3) is 0.150. The first-order valence-corrected chi connectivity index (χ1v) is 10.4. The molecule has 4 rings (SSSR count). The Morgan fingerprint density at radius 2 is 2.00 bits per heavy atom. The van der Waals surface area contributed by atoms with Gasteiger partial charge in [0.1, 0.15) is 0 Å². The van der Waals surface area contributed by atoms with Gasteiger partial charge in [-0.25, -0.2) is 18.7 Å². The van der Waals surface area contributed by atoms with Crippen LogP contribution in [0.1, 0.15) is 16.8 Å². The van der Waals surface area contributed by atoms with Crippen LogP contribution in [0.5, 0.6) is 0 Å². The molecular weight excluding hydrogens is 498 g/mol. The van der Waals surface area contributed by atoms with Gasteiger partial charge in [0.2, 0.25) is 0 Å². The van der Waals surface area contributed by atoms with Gasteiger partial charge in [-0.1, -0.05) is 27.3 Å². The number of benzene rings is 2. The van der Waals surface area contributed by atoms with Crippen molar-refractivity contribution in [3.05, 3.63) is 76.8 Å². The highest BCUT2D eigenvalue weighted by Crippen LogP contribution is 2.32. The van der Waals surface area contributed by atoms with E-state index in [2.05, 4.69) is 25.9 Å². The van der Waals surface area contributed by atoms with E-state index >= 15 is 0 Å². The summed E-state index contributed by atoms with van der Waals surface area (Å²) < 4.78 is 30.7. The zero-order chi connectivity index (χ0) is 20.4. The third-order valence-corrected chi connectivity index (χ3v) is 5.87. The van der Waals surface area contributed by atoms with E-state index in [1.165, 1.54) is 22.3 Å². The summed E-state index contributed by atoms with van der Waals surface area (Å²) in [5.74, 6) is -2.46. The van der Waals surface area contributed by atoms with E-state index in [9.17, 15) is 13.6 Å². The zero-order valence-electron chi connectivity index (χ0n) is 15.5. The maximum absolute atomic E-state index is 13.7. The molecule has 0 saturated carbocycles. The molecule has 0 bridgehead atoms. The summed E-state index contributed by atoms with van der Waals surface area (Å²) in [5, 5.41) is 0.512. The van der Waals surface area contributed by atoms with Crippen molar-refractivity contribution in [3.8, 4) is 0 Å². The van der Waals surface area contributed by atoms with Crippen molar-refractivity contribution in [1.29, 1.82) is 0 Å². The predicted molar refractivity (Wildman–Crippen MR) is 119 cm³/mol. The minimum Gasteiger partial charge on any atom is -0.337 e. The van der Waals surface area contributed by atoms with E-state index in [0.29, 0.717) is 24.6 Å². The lowest BCUT2D eigenvalue weighted by Gasteiger charge is -2.20. The van der Waals surface area contributed by atoms with E-state index in [1.54, 1.807) is 12.5 Å². The Morgan fingerprint density at radius 3 is 2.73 bits per heavy atom. The van der Waals surface area contributed by atoms with Gasteiger partial charge in [-0.2, -0.15) is 0 Å². The van der Waals surface area contributed by atoms with Crippen LogP contribution < -0.4 is 4.90 Å². The number of aryl methyl sites for hydroxylation is 1. The number of nitrogens with zero attached hydrogens (tertiary/aromatic N) is 4. The zero-order valence-corrected chi connectivity index (χ0v) is 18.7. The van der Waals surface area contributed by atoms with Crippen LogP contribution in [-0.4, -0.2) is 27.0 Å². The van der Waals surface area contributed by atoms with Crippen LogP contribution in [0.15, 0.2) is 59.6 Å². The first-order valence-electron chi connectivity index (χ1n) is 8.80. The number of aromatic nitrogens is 3. The minimum atomic E-state index is -1.05. The number of rotatable bonds is 6. The third-order valence-electron chi connectivity index (χ3n) is 4.34. The Labute approximate surface area is 189 Å². The molecule has 0 atom stereocenters. The molecule has 0 aliphatic rings. The molecule has 2 heterocycles. The average Bonchev–Trinajstić information content (AvgIpc) is 3.36. The molecular formula is C20H16BrClF2N4OS. The van der Waals surface area contributed by atoms with Gasteiger partial charge in [-0.05, 0) is 42.8 Å². The first-order chi connectivity index (χ1) is 14.0. The number of amides is 1. The lowest BCUT2D eigenvalue weighted by atomic mass is 10.2. The predicted octanol–water partition coefficient (Wildman–Crippen LogP) is 5.69. The van der Waals surface area contributed by atoms with Gasteiger partial charge in [-0.3, -0.25) is 9.69 Å². The van der Waals surface area contributed by atoms with Gasteiger partial charge in [0, 0.05) is 35.5 Å². The number of fused-ring (bicyclic) bond motifs is 1. The monoisotopic (exact) mass is 512 g/mol. The molecule has 2 aromatic heterocycles. The molecule has 30 heavy (non-hydrogen) atoms. The van der Waals surface area contributed by atoms with Gasteiger partial charge < -0.3 is 4.57 Å². The second-order valence-corrected chi connectivity index (χ2v) is 8.27. The van der Waals surface area contributed by atoms with Gasteiger partial charge in [0.25, 0.3) is 5.91 Å². The number of carbonyl (C=O) groups is 1. The average molecular weight is 514 g/mol. The summed E-state index contributed by atoms with van der Waals surface area (Å²) in [7, 11) is 0. The number of hydrogen-bond donors (Lipinski definition) is 0. The summed E-state index contributed by atoms with van der Waals surface area (Å²) in [6, 6.07) is 8.85. The van der Waals surface area contributed by atoms with Crippen LogP contribution >= 0.6 is 39.7 Å². The van der Waals surface area contributed by atoms with Gasteiger partial charge in [-0.15, -0.1) is 12.4 Å². The molecule has 0 N–H and O–H groups in total. The molecule has 4 aromatic rings. The Kier molecular flexibility index (Phi) is 7.17. The molecule has 0 fully saturated rings. The molecule has 0 radical (unpaired) electrons. The molecule has 0 aliphatic heterocycles. The van der Waals surface area contributed by atoms with Crippen LogP contribution in [0.4, 0.5) is 13.9 Å². The molecule has 0 spiro atoms. The third kappa shape index (κ3) is 4.85. The van der Waals surface area contributed by atoms with Crippen molar-refractivity contribution in [1.82, 2.24) is 14.5 Å². The fourth-order valence-electron chi connectivity index (χ4n) is 2.90. The topological polar surface area (TPSA) is 51.0 Å². The van der Waals surface area contributed by atoms with Crippen LogP contribution in [0.25, 0.3) is 10.2 Å². The summed E-state index contributed by atoms with van der Waals surface area (Å²) >= 11 is 4.81. The summed E-state index contributed by atoms with van der Waals surface area (Å²) in [6.07, 6.45) is 5.88. The lowest BCUT2D eigenvalue weighted by molar-refractivity contribution is 0.0985. The quantitative estimate of drug-likeness (QED) is 0.333. The Balaban J connectivity index is 0.00000256. The van der Waals surface area contributed by atoms with Gasteiger partial charge in [0.05, 0.1) is 16.5 Å². The molecule has 0 saturated heterocycles. The van der Waals surface area contributed by atoms with Gasteiger partial charge in [0.15, 0.2) is 16.8 Å². The van der Waals surface area contributed by atoms with Crippen molar-refractivity contribution < 1.29 is 13.6 Å². The number of imidazole rings is 1. The normalized spacial score (nSPS) is 10.8. The Hall–Kier alpha value is -2.36. The minimum absolute atomic E-state index is 0. The highest BCUT2D eigenvalue weighted by molar-refractivity contribution is 9.10. The fourth-order valence-corrected chi connectivity index (χ4v) is 4.44. The maximum atomic E-state index is 13.7. The second-order valence-electron chi connectivity index (χ2n) is 6.35. The van der Waals surface area contributed by atoms with Crippen LogP contribution in [0.3, 0.4) is 0 Å². The van der Waals surface area contributed by atoms with E-state index in [1.807, 2.05) is 29.0 Å². The summed E-state index contributed by atoms with van der Waals surface area (Å²) in [4.78, 5) is 23.2. The van der Waals surface area contributed by atoms with E-state index in [0.717, 1.165) is 26.8 Å². The highest BCUT2D eigenvalue weighted by atomic mass is 79.9. The van der Waals surface area contributed by atoms with Crippen molar-refractivity contribution in [2.75, 3.05) is 11.4 Å². The van der Waals surface area contributed by atoms with Crippen molar-refractivity contribution in [2.45, 2.75) is 13.0 Å². The Bertz CT molecular complexity index is 1170. The number of halogens is 4. The number of thiazole rings is 1. The summed E-state index contributed by atoms with van der Waals surface area (Å²) in [5.41, 5.74) is 0.845. The SMILES string of the molecule is Cl.O=C(c1ccc(F)c(F)c1)N(CCCn1ccnc1)c1nc2ccc(Br)cc2s1. The van der Waals surface area contributed by atoms with Crippen molar-refractivity contribution in [3.63, 3.8) is 0 Å². The van der Waals surface area contributed by atoms with E-state index in [4.69, 9.17) is 0 Å². The molecule has 1 amide bonds. The molecule has 2 aromatic carbocycles. The maximum Gasteiger partial charge on any atom is 0.260 e. The van der Waals surface area contributed by atoms with Crippen molar-refractivity contribution >= 4 is 60.9 Å². The molecule has 0 unspecified atom stereocenters. The van der Waals surface area contributed by atoms with Crippen LogP contribution in [0.2, 0.25) is 0 Å². The van der Waals surface area contributed by atoms with Crippen LogP contribution in [-0.2, 0) is 6.54 Å². The van der Waals surface area contributed by atoms with Crippen LogP contribution in [0, 0.1) is 11.6 Å². The number of anilines is 1. The molecule has 10 heteroatoms. The smallest absolute Gasteiger partial charge is 0.260 e. The second kappa shape index (κ2) is 9.63. The standard InChI is InChI=1S/C20H15BrF2N4OS.ClH/c21-14-3-5-17-18(11-14)29-20(25-17)27(8-1-7-26-9-6-24-12-26)19(28)13-2-4-15(22)16(23)10-13;/h2-6,9-12H,1,7-8H2;1H. The molecule has 5 nitrogen and oxygen atoms in total. The summed E-state index contributed by atoms with van der Waals surface area (Å²) in [6.45, 7) is 1.04. The Morgan fingerprint density at radius 1 is 1.17 bits per heavy atom. The van der Waals surface area contributed by atoms with Gasteiger partial charge >= 0.3 is 0 Å². The number of hydrogen-bond acceptors (Lipinski definition) is 4. The lowest BCUT2D eigenvalue weighted by Crippen LogP contribution is -2.32. The molecule has 156 valence electrons. The largest absolute Gasteiger partial charge is 0.337 e. The van der Waals surface area contributed by atoms with E-state index < -0.39 is 17.5 Å². The van der Waals surface area contributed by atoms with Crippen molar-refractivity contribution in [2.24, 2.45) is 0 Å². The van der Waals surface area contributed by atoms with E-state index in [-0.39, 0.29) is 18.0 Å². The first kappa shape index (κ1) is 22.3.